The van der Waals surface area contributed by atoms with Crippen molar-refractivity contribution in [2.45, 2.75) is 58.8 Å². The Morgan fingerprint density at radius 3 is 1.41 bits per heavy atom. The molecule has 0 unspecified atom stereocenters. The van der Waals surface area contributed by atoms with Crippen LogP contribution in [-0.2, 0) is 0 Å². The van der Waals surface area contributed by atoms with E-state index in [1.807, 2.05) is 0 Å². The van der Waals surface area contributed by atoms with Crippen LogP contribution in [0, 0.1) is 5.92 Å². The van der Waals surface area contributed by atoms with Crippen LogP contribution >= 0.6 is 7.26 Å². The first-order valence-electron chi connectivity index (χ1n) is 12.4. The van der Waals surface area contributed by atoms with Crippen molar-refractivity contribution >= 4 is 23.2 Å². The van der Waals surface area contributed by atoms with E-state index in [2.05, 4.69) is 117 Å². The molecule has 0 N–H and O–H groups in total. The Labute approximate surface area is 197 Å². The molecule has 0 aliphatic carbocycles. The number of unbranched alkanes of at least 4 members (excludes halogenated alkanes) is 6. The van der Waals surface area contributed by atoms with E-state index in [9.17, 15) is 0 Å². The Balaban J connectivity index is 1.68. The molecule has 1 heteroatoms. The van der Waals surface area contributed by atoms with Gasteiger partial charge in [0.1, 0.15) is 23.2 Å². The summed E-state index contributed by atoms with van der Waals surface area (Å²) in [6.45, 7) is 4.50. The summed E-state index contributed by atoms with van der Waals surface area (Å²) < 4.78 is 0. The van der Waals surface area contributed by atoms with Gasteiger partial charge in [0.2, 0.25) is 0 Å². The molecule has 3 rings (SSSR count). The number of allylic oxidation sites excluding steroid dienone is 2. The van der Waals surface area contributed by atoms with Gasteiger partial charge in [-0.05, 0) is 68.0 Å². The molecule has 168 valence electrons. The fourth-order valence-corrected chi connectivity index (χ4v) is 8.98. The highest BCUT2D eigenvalue weighted by atomic mass is 31.2. The fourth-order valence-electron chi connectivity index (χ4n) is 4.57. The highest BCUT2D eigenvalue weighted by Crippen LogP contribution is 2.55. The third-order valence-corrected chi connectivity index (χ3v) is 10.8. The average molecular weight is 444 g/mol. The molecule has 0 saturated heterocycles. The maximum absolute atomic E-state index is 2.36. The Hall–Kier alpha value is -2.17. The largest absolute Gasteiger partial charge is 0.112 e. The third kappa shape index (κ3) is 6.91. The predicted octanol–water partition coefficient (Wildman–Crippen LogP) is 7.92. The molecule has 0 bridgehead atoms. The Morgan fingerprint density at radius 1 is 0.562 bits per heavy atom. The van der Waals surface area contributed by atoms with E-state index in [1.165, 1.54) is 67.0 Å². The summed E-state index contributed by atoms with van der Waals surface area (Å²) in [7, 11) is -1.64. The maximum Gasteiger partial charge on any atom is 0.112 e. The van der Waals surface area contributed by atoms with Gasteiger partial charge in [-0.15, -0.1) is 0 Å². The summed E-state index contributed by atoms with van der Waals surface area (Å²) in [4.78, 5) is 0. The fraction of sp³-hybridized carbons (Fsp3) is 0.355. The Kier molecular flexibility index (Phi) is 10.2. The summed E-state index contributed by atoms with van der Waals surface area (Å²) >= 11 is 0. The SMILES string of the molecule is CC(C)C=CCCCCCCCC[P+](c1ccccc1)(c1ccccc1)c1ccccc1. The first-order valence-corrected chi connectivity index (χ1v) is 14.4. The summed E-state index contributed by atoms with van der Waals surface area (Å²) in [5.74, 6) is 0.678. The molecular weight excluding hydrogens is 403 g/mol. The second kappa shape index (κ2) is 13.4. The lowest BCUT2D eigenvalue weighted by Gasteiger charge is -2.27. The van der Waals surface area contributed by atoms with Crippen LogP contribution in [0.5, 0.6) is 0 Å². The van der Waals surface area contributed by atoms with E-state index in [1.54, 1.807) is 0 Å². The van der Waals surface area contributed by atoms with Gasteiger partial charge >= 0.3 is 0 Å². The molecule has 0 nitrogen and oxygen atoms in total. The van der Waals surface area contributed by atoms with Crippen LogP contribution in [0.2, 0.25) is 0 Å². The minimum atomic E-state index is -1.64. The zero-order valence-corrected chi connectivity index (χ0v) is 20.9. The van der Waals surface area contributed by atoms with E-state index < -0.39 is 7.26 Å². The van der Waals surface area contributed by atoms with Gasteiger partial charge in [0, 0.05) is 0 Å². The van der Waals surface area contributed by atoms with Crippen molar-refractivity contribution in [3.05, 3.63) is 103 Å². The van der Waals surface area contributed by atoms with Crippen molar-refractivity contribution in [2.24, 2.45) is 5.92 Å². The molecule has 0 heterocycles. The summed E-state index contributed by atoms with van der Waals surface area (Å²) in [6.07, 6.45) is 15.2. The van der Waals surface area contributed by atoms with Gasteiger partial charge in [-0.3, -0.25) is 0 Å². The van der Waals surface area contributed by atoms with E-state index in [0.717, 1.165) is 0 Å². The molecule has 3 aromatic rings. The van der Waals surface area contributed by atoms with Crippen LogP contribution < -0.4 is 15.9 Å². The molecule has 0 amide bonds. The van der Waals surface area contributed by atoms with Gasteiger partial charge in [-0.2, -0.15) is 0 Å². The van der Waals surface area contributed by atoms with Crippen LogP contribution in [0.4, 0.5) is 0 Å². The van der Waals surface area contributed by atoms with Crippen LogP contribution in [0.15, 0.2) is 103 Å². The highest BCUT2D eigenvalue weighted by Gasteiger charge is 2.44. The molecule has 0 saturated carbocycles. The van der Waals surface area contributed by atoms with Crippen molar-refractivity contribution in [1.82, 2.24) is 0 Å². The standard InChI is InChI=1S/C31H40P/c1-28(2)20-12-7-5-3-4-6-8-19-27-32(29-21-13-9-14-22-29,30-23-15-10-16-24-30)31-25-17-11-18-26-31/h9-18,20-26,28H,3-8,19,27H2,1-2H3/q+1. The van der Waals surface area contributed by atoms with E-state index in [-0.39, 0.29) is 0 Å². The van der Waals surface area contributed by atoms with Crippen LogP contribution in [0.1, 0.15) is 58.8 Å². The van der Waals surface area contributed by atoms with Crippen molar-refractivity contribution < 1.29 is 0 Å². The van der Waals surface area contributed by atoms with Crippen molar-refractivity contribution in [3.63, 3.8) is 0 Å². The minimum absolute atomic E-state index is 0.678. The Bertz CT molecular complexity index is 800. The highest BCUT2D eigenvalue weighted by molar-refractivity contribution is 7.95. The molecule has 0 aliphatic rings. The minimum Gasteiger partial charge on any atom is -0.0883 e. The van der Waals surface area contributed by atoms with Crippen molar-refractivity contribution in [1.29, 1.82) is 0 Å². The lowest BCUT2D eigenvalue weighted by atomic mass is 10.1. The molecule has 0 aromatic heterocycles. The van der Waals surface area contributed by atoms with Crippen LogP contribution in [-0.4, -0.2) is 6.16 Å². The van der Waals surface area contributed by atoms with Crippen LogP contribution in [0.25, 0.3) is 0 Å². The second-order valence-electron chi connectivity index (χ2n) is 9.12. The summed E-state index contributed by atoms with van der Waals surface area (Å²) in [5, 5.41) is 4.53. The molecule has 0 fully saturated rings. The van der Waals surface area contributed by atoms with E-state index >= 15 is 0 Å². The molecule has 0 spiro atoms. The zero-order chi connectivity index (χ0) is 22.5. The summed E-state index contributed by atoms with van der Waals surface area (Å²) in [6, 6.07) is 33.9. The third-order valence-electron chi connectivity index (χ3n) is 6.23. The first kappa shape index (κ1) is 24.5. The quantitative estimate of drug-likeness (QED) is 0.143. The first-order chi connectivity index (χ1) is 15.7. The van der Waals surface area contributed by atoms with Gasteiger partial charge in [-0.1, -0.05) is 99.9 Å². The topological polar surface area (TPSA) is 0 Å². The molecule has 0 radical (unpaired) electrons. The number of rotatable bonds is 13. The van der Waals surface area contributed by atoms with Gasteiger partial charge in [0.05, 0.1) is 6.16 Å². The van der Waals surface area contributed by atoms with E-state index in [0.29, 0.717) is 5.92 Å². The number of hydrogen-bond acceptors (Lipinski definition) is 0. The van der Waals surface area contributed by atoms with Crippen LogP contribution in [0.3, 0.4) is 0 Å². The van der Waals surface area contributed by atoms with Gasteiger partial charge in [0.15, 0.2) is 0 Å². The molecule has 0 aliphatic heterocycles. The van der Waals surface area contributed by atoms with Crippen molar-refractivity contribution in [3.8, 4) is 0 Å². The lowest BCUT2D eigenvalue weighted by molar-refractivity contribution is 0.612. The lowest BCUT2D eigenvalue weighted by Crippen LogP contribution is -2.33. The normalized spacial score (nSPS) is 12.0. The van der Waals surface area contributed by atoms with Gasteiger partial charge in [-0.25, -0.2) is 0 Å². The summed E-state index contributed by atoms with van der Waals surface area (Å²) in [5.41, 5.74) is 0. The Morgan fingerprint density at radius 2 is 0.969 bits per heavy atom. The molecule has 3 aromatic carbocycles. The molecule has 0 atom stereocenters. The number of benzene rings is 3. The zero-order valence-electron chi connectivity index (χ0n) is 20.0. The average Bonchev–Trinajstić information content (AvgIpc) is 2.84. The number of hydrogen-bond donors (Lipinski definition) is 0. The van der Waals surface area contributed by atoms with Gasteiger partial charge < -0.3 is 0 Å². The predicted molar refractivity (Wildman–Crippen MR) is 146 cm³/mol. The van der Waals surface area contributed by atoms with Crippen molar-refractivity contribution in [2.75, 3.05) is 6.16 Å². The van der Waals surface area contributed by atoms with Gasteiger partial charge in [0.25, 0.3) is 0 Å². The monoisotopic (exact) mass is 443 g/mol. The molecular formula is C31H40P+. The van der Waals surface area contributed by atoms with E-state index in [4.69, 9.17) is 0 Å². The smallest absolute Gasteiger partial charge is 0.0883 e. The maximum atomic E-state index is 2.36. The second-order valence-corrected chi connectivity index (χ2v) is 12.7. The molecule has 32 heavy (non-hydrogen) atoms.